The molecule has 160 valence electrons. The van der Waals surface area contributed by atoms with Crippen molar-refractivity contribution < 1.29 is 9.53 Å². The average Bonchev–Trinajstić information content (AvgIpc) is 3.16. The van der Waals surface area contributed by atoms with Gasteiger partial charge in [0.2, 0.25) is 5.91 Å². The predicted molar refractivity (Wildman–Crippen MR) is 120 cm³/mol. The third-order valence-electron chi connectivity index (χ3n) is 5.29. The van der Waals surface area contributed by atoms with Crippen LogP contribution in [0, 0.1) is 6.92 Å². The molecule has 0 radical (unpaired) electrons. The van der Waals surface area contributed by atoms with Crippen LogP contribution in [0.5, 0.6) is 5.75 Å². The molecule has 0 unspecified atom stereocenters. The molecule has 1 aliphatic heterocycles. The van der Waals surface area contributed by atoms with Crippen molar-refractivity contribution >= 4 is 11.9 Å². The van der Waals surface area contributed by atoms with E-state index in [1.807, 2.05) is 30.0 Å². The Balaban J connectivity index is 1.68. The van der Waals surface area contributed by atoms with Crippen LogP contribution in [0.4, 0.5) is 0 Å². The number of nitrogens with one attached hydrogen (secondary N) is 2. The number of ether oxygens (including phenoxy) is 1. The summed E-state index contributed by atoms with van der Waals surface area (Å²) in [5.41, 5.74) is 4.57. The van der Waals surface area contributed by atoms with Gasteiger partial charge in [-0.25, -0.2) is 4.99 Å². The largest absolute Gasteiger partial charge is 0.496 e. The Hall–Kier alpha value is -3.02. The summed E-state index contributed by atoms with van der Waals surface area (Å²) < 4.78 is 5.49. The van der Waals surface area contributed by atoms with Gasteiger partial charge in [-0.15, -0.1) is 0 Å². The molecule has 1 fully saturated rings. The van der Waals surface area contributed by atoms with Crippen molar-refractivity contribution in [3.63, 3.8) is 0 Å². The van der Waals surface area contributed by atoms with E-state index >= 15 is 0 Å². The van der Waals surface area contributed by atoms with Crippen LogP contribution < -0.4 is 15.4 Å². The van der Waals surface area contributed by atoms with Gasteiger partial charge in [0, 0.05) is 38.2 Å². The Bertz CT molecular complexity index is 895. The molecule has 30 heavy (non-hydrogen) atoms. The van der Waals surface area contributed by atoms with Crippen LogP contribution in [0.1, 0.15) is 42.0 Å². The smallest absolute Gasteiger partial charge is 0.222 e. The first kappa shape index (κ1) is 21.7. The summed E-state index contributed by atoms with van der Waals surface area (Å²) in [6.45, 7) is 7.58. The molecule has 0 spiro atoms. The van der Waals surface area contributed by atoms with Gasteiger partial charge in [-0.2, -0.15) is 0 Å². The van der Waals surface area contributed by atoms with Crippen molar-refractivity contribution in [2.75, 3.05) is 20.2 Å². The molecule has 6 nitrogen and oxygen atoms in total. The van der Waals surface area contributed by atoms with Gasteiger partial charge in [-0.05, 0) is 43.0 Å². The first-order valence-corrected chi connectivity index (χ1v) is 10.6. The molecule has 2 N–H and O–H groups in total. The van der Waals surface area contributed by atoms with Gasteiger partial charge in [0.1, 0.15) is 5.75 Å². The summed E-state index contributed by atoms with van der Waals surface area (Å²) in [5, 5.41) is 6.73. The third-order valence-corrected chi connectivity index (χ3v) is 5.29. The van der Waals surface area contributed by atoms with Crippen LogP contribution in [0.2, 0.25) is 0 Å². The van der Waals surface area contributed by atoms with Crippen molar-refractivity contribution in [1.29, 1.82) is 0 Å². The number of carbonyl (C=O) groups is 1. The minimum atomic E-state index is 0.250. The maximum Gasteiger partial charge on any atom is 0.222 e. The van der Waals surface area contributed by atoms with E-state index in [4.69, 9.17) is 9.73 Å². The zero-order valence-electron chi connectivity index (χ0n) is 18.2. The van der Waals surface area contributed by atoms with Crippen LogP contribution in [0.15, 0.2) is 47.5 Å². The van der Waals surface area contributed by atoms with E-state index in [0.29, 0.717) is 26.1 Å². The molecule has 2 aromatic rings. The lowest BCUT2D eigenvalue weighted by molar-refractivity contribution is -0.128. The highest BCUT2D eigenvalue weighted by atomic mass is 16.5. The molecule has 3 rings (SSSR count). The average molecular weight is 409 g/mol. The molecule has 6 heteroatoms. The Kier molecular flexibility index (Phi) is 7.71. The van der Waals surface area contributed by atoms with Crippen molar-refractivity contribution in [1.82, 2.24) is 15.5 Å². The van der Waals surface area contributed by atoms with E-state index in [1.54, 1.807) is 7.11 Å². The molecule has 1 heterocycles. The lowest BCUT2D eigenvalue weighted by Gasteiger charge is -2.19. The van der Waals surface area contributed by atoms with Crippen LogP contribution in [0.3, 0.4) is 0 Å². The number of nitrogens with zero attached hydrogens (tertiary/aromatic N) is 2. The Labute approximate surface area is 179 Å². The Morgan fingerprint density at radius 1 is 1.13 bits per heavy atom. The van der Waals surface area contributed by atoms with E-state index in [9.17, 15) is 4.79 Å². The SMILES string of the molecule is CCNC(=NCc1ccc(C)cc1OC)NCc1ccccc1CN1CCCC1=O. The van der Waals surface area contributed by atoms with Crippen LogP contribution in [-0.2, 0) is 24.4 Å². The minimum absolute atomic E-state index is 0.250. The molecule has 0 saturated carbocycles. The number of benzene rings is 2. The van der Waals surface area contributed by atoms with Gasteiger partial charge in [0.25, 0.3) is 0 Å². The highest BCUT2D eigenvalue weighted by molar-refractivity contribution is 5.80. The molecular weight excluding hydrogens is 376 g/mol. The lowest BCUT2D eigenvalue weighted by Crippen LogP contribution is -2.37. The molecule has 1 saturated heterocycles. The third kappa shape index (κ3) is 5.75. The fourth-order valence-corrected chi connectivity index (χ4v) is 3.63. The molecule has 1 amide bonds. The zero-order valence-corrected chi connectivity index (χ0v) is 18.2. The van der Waals surface area contributed by atoms with E-state index in [-0.39, 0.29) is 5.91 Å². The highest BCUT2D eigenvalue weighted by Crippen LogP contribution is 2.21. The van der Waals surface area contributed by atoms with Crippen LogP contribution >= 0.6 is 0 Å². The lowest BCUT2D eigenvalue weighted by atomic mass is 10.1. The summed E-state index contributed by atoms with van der Waals surface area (Å²) in [5.74, 6) is 1.86. The maximum absolute atomic E-state index is 12.0. The number of amides is 1. The van der Waals surface area contributed by atoms with Gasteiger partial charge >= 0.3 is 0 Å². The number of hydrogen-bond donors (Lipinski definition) is 2. The second kappa shape index (κ2) is 10.7. The zero-order chi connectivity index (χ0) is 21.3. The number of aryl methyl sites for hydroxylation is 1. The van der Waals surface area contributed by atoms with Crippen molar-refractivity contribution in [3.8, 4) is 5.75 Å². The summed E-state index contributed by atoms with van der Waals surface area (Å²) in [7, 11) is 1.69. The second-order valence-corrected chi connectivity index (χ2v) is 7.55. The number of likely N-dealkylation sites (tertiary alicyclic amines) is 1. The van der Waals surface area contributed by atoms with E-state index in [0.717, 1.165) is 42.3 Å². The molecule has 0 aliphatic carbocycles. The number of aliphatic imine (C=N–C) groups is 1. The molecule has 0 atom stereocenters. The summed E-state index contributed by atoms with van der Waals surface area (Å²) >= 11 is 0. The summed E-state index contributed by atoms with van der Waals surface area (Å²) in [6, 6.07) is 14.4. The second-order valence-electron chi connectivity index (χ2n) is 7.55. The molecule has 1 aliphatic rings. The quantitative estimate of drug-likeness (QED) is 0.519. The number of carbonyl (C=O) groups excluding carboxylic acids is 1. The number of guanidine groups is 1. The number of hydrogen-bond acceptors (Lipinski definition) is 3. The first-order chi connectivity index (χ1) is 14.6. The fourth-order valence-electron chi connectivity index (χ4n) is 3.63. The Morgan fingerprint density at radius 2 is 1.93 bits per heavy atom. The predicted octanol–water partition coefficient (Wildman–Crippen LogP) is 3.38. The highest BCUT2D eigenvalue weighted by Gasteiger charge is 2.20. The van der Waals surface area contributed by atoms with Crippen molar-refractivity contribution in [3.05, 3.63) is 64.7 Å². The summed E-state index contributed by atoms with van der Waals surface area (Å²) in [6.07, 6.45) is 1.62. The van der Waals surface area contributed by atoms with E-state index in [1.165, 1.54) is 11.1 Å². The molecule has 0 bridgehead atoms. The van der Waals surface area contributed by atoms with Gasteiger partial charge < -0.3 is 20.3 Å². The van der Waals surface area contributed by atoms with Gasteiger partial charge in [0.05, 0.1) is 13.7 Å². The normalized spacial score (nSPS) is 14.2. The Morgan fingerprint density at radius 3 is 2.63 bits per heavy atom. The molecular formula is C24H32N4O2. The van der Waals surface area contributed by atoms with Gasteiger partial charge in [-0.3, -0.25) is 4.79 Å². The van der Waals surface area contributed by atoms with Crippen molar-refractivity contribution in [2.24, 2.45) is 4.99 Å². The fraction of sp³-hybridized carbons (Fsp3) is 0.417. The first-order valence-electron chi connectivity index (χ1n) is 10.6. The van der Waals surface area contributed by atoms with E-state index < -0.39 is 0 Å². The number of rotatable bonds is 8. The van der Waals surface area contributed by atoms with Gasteiger partial charge in [-0.1, -0.05) is 36.4 Å². The molecule has 0 aromatic heterocycles. The van der Waals surface area contributed by atoms with E-state index in [2.05, 4.69) is 41.8 Å². The van der Waals surface area contributed by atoms with Gasteiger partial charge in [0.15, 0.2) is 5.96 Å². The maximum atomic E-state index is 12.0. The monoisotopic (exact) mass is 408 g/mol. The number of methoxy groups -OCH3 is 1. The standard InChI is InChI=1S/C24H32N4O2/c1-4-25-24(27-16-20-12-11-18(2)14-22(20)30-3)26-15-19-8-5-6-9-21(19)17-28-13-7-10-23(28)29/h5-6,8-9,11-12,14H,4,7,10,13,15-17H2,1-3H3,(H2,25,26,27). The van der Waals surface area contributed by atoms with Crippen LogP contribution in [0.25, 0.3) is 0 Å². The summed E-state index contributed by atoms with van der Waals surface area (Å²) in [4.78, 5) is 18.7. The van der Waals surface area contributed by atoms with Crippen LogP contribution in [-0.4, -0.2) is 37.0 Å². The molecule has 2 aromatic carbocycles. The minimum Gasteiger partial charge on any atom is -0.496 e. The van der Waals surface area contributed by atoms with Crippen molar-refractivity contribution in [2.45, 2.75) is 46.3 Å². The topological polar surface area (TPSA) is 66.0 Å².